The van der Waals surface area contributed by atoms with Gasteiger partial charge in [-0.25, -0.2) is 18.4 Å². The van der Waals surface area contributed by atoms with Crippen molar-refractivity contribution in [1.82, 2.24) is 9.97 Å². The van der Waals surface area contributed by atoms with E-state index in [1.165, 1.54) is 20.1 Å². The molecule has 1 aromatic heterocycles. The van der Waals surface area contributed by atoms with Crippen molar-refractivity contribution in [2.75, 3.05) is 22.5 Å². The molecule has 192 valence electrons. The summed E-state index contributed by atoms with van der Waals surface area (Å²) in [6.07, 6.45) is 0. The molecule has 0 bridgehead atoms. The van der Waals surface area contributed by atoms with E-state index >= 15 is 0 Å². The van der Waals surface area contributed by atoms with Gasteiger partial charge in [-0.15, -0.1) is 0 Å². The molecule has 0 aliphatic carbocycles. The number of nitrogens with one attached hydrogen (secondary N) is 3. The van der Waals surface area contributed by atoms with Gasteiger partial charge in [0.25, 0.3) is 10.0 Å². The number of halogens is 1. The number of nitrogens with two attached hydrogens (primary N) is 1. The van der Waals surface area contributed by atoms with E-state index in [9.17, 15) is 13.2 Å². The highest BCUT2D eigenvalue weighted by molar-refractivity contribution is 7.92. The van der Waals surface area contributed by atoms with Crippen LogP contribution in [0, 0.1) is 6.92 Å². The zero-order valence-corrected chi connectivity index (χ0v) is 21.8. The number of methoxy groups -OCH3 is 1. The fraction of sp³-hybridized carbons (Fsp3) is 0.160. The molecule has 1 heterocycles. The molecule has 10 nitrogen and oxygen atoms in total. The zero-order chi connectivity index (χ0) is 26.7. The van der Waals surface area contributed by atoms with Crippen LogP contribution in [-0.4, -0.2) is 37.4 Å². The van der Waals surface area contributed by atoms with E-state index in [0.717, 1.165) is 0 Å². The summed E-state index contributed by atoms with van der Waals surface area (Å²) in [5, 5.41) is 6.04. The number of amides is 1. The zero-order valence-electron chi connectivity index (χ0n) is 20.2. The molecule has 5 N–H and O–H groups in total. The highest BCUT2D eigenvalue weighted by Gasteiger charge is 2.22. The lowest BCUT2D eigenvalue weighted by atomic mass is 10.2. The third-order valence-electron chi connectivity index (χ3n) is 5.39. The fourth-order valence-corrected chi connectivity index (χ4v) is 4.86. The summed E-state index contributed by atoms with van der Waals surface area (Å²) in [5.41, 5.74) is 7.84. The Bertz CT molecular complexity index is 1590. The Balaban J connectivity index is 1.76. The van der Waals surface area contributed by atoms with E-state index in [2.05, 4.69) is 25.3 Å². The number of hydrogen-bond acceptors (Lipinski definition) is 8. The molecule has 0 saturated carbocycles. The van der Waals surface area contributed by atoms with Gasteiger partial charge in [0.05, 0.1) is 39.8 Å². The summed E-state index contributed by atoms with van der Waals surface area (Å²) in [6, 6.07) is 15.8. The van der Waals surface area contributed by atoms with Crippen LogP contribution in [0.1, 0.15) is 12.5 Å². The van der Waals surface area contributed by atoms with Gasteiger partial charge in [-0.05, 0) is 55.8 Å². The van der Waals surface area contributed by atoms with Crippen LogP contribution in [0.15, 0.2) is 65.6 Å². The van der Waals surface area contributed by atoms with Crippen LogP contribution in [-0.2, 0) is 14.8 Å². The van der Waals surface area contributed by atoms with Gasteiger partial charge in [-0.3, -0.25) is 9.52 Å². The number of rotatable bonds is 8. The van der Waals surface area contributed by atoms with Gasteiger partial charge >= 0.3 is 0 Å². The van der Waals surface area contributed by atoms with Gasteiger partial charge in [0.1, 0.15) is 5.75 Å². The molecule has 0 unspecified atom stereocenters. The Labute approximate surface area is 219 Å². The number of benzene rings is 3. The van der Waals surface area contributed by atoms with E-state index in [-0.39, 0.29) is 16.5 Å². The number of para-hydroxylation sites is 2. The predicted octanol–water partition coefficient (Wildman–Crippen LogP) is 4.43. The Hall–Kier alpha value is -3.93. The summed E-state index contributed by atoms with van der Waals surface area (Å²) >= 11 is 6.36. The van der Waals surface area contributed by atoms with Crippen LogP contribution in [0.25, 0.3) is 11.0 Å². The summed E-state index contributed by atoms with van der Waals surface area (Å²) in [5.74, 6) is 0.199. The quantitative estimate of drug-likeness (QED) is 0.256. The SMILES string of the molecule is COc1ccc(Cl)c(Nc2nc3ccccc3nc2NS(=O)(=O)c2cc(NC(=O)[C@H](C)N)ccc2C)c1. The van der Waals surface area contributed by atoms with Gasteiger partial charge in [0, 0.05) is 11.8 Å². The minimum Gasteiger partial charge on any atom is -0.497 e. The van der Waals surface area contributed by atoms with Gasteiger partial charge in [-0.2, -0.15) is 0 Å². The number of fused-ring (bicyclic) bond motifs is 1. The predicted molar refractivity (Wildman–Crippen MR) is 145 cm³/mol. The molecule has 1 amide bonds. The number of carbonyl (C=O) groups is 1. The number of hydrogen-bond donors (Lipinski definition) is 4. The van der Waals surface area contributed by atoms with Crippen LogP contribution in [0.3, 0.4) is 0 Å². The van der Waals surface area contributed by atoms with Crippen molar-refractivity contribution in [2.45, 2.75) is 24.8 Å². The number of carbonyl (C=O) groups excluding carboxylic acids is 1. The number of nitrogens with zero attached hydrogens (tertiary/aromatic N) is 2. The van der Waals surface area contributed by atoms with E-state index in [1.54, 1.807) is 61.5 Å². The van der Waals surface area contributed by atoms with Gasteiger partial charge in [-0.1, -0.05) is 29.8 Å². The lowest BCUT2D eigenvalue weighted by molar-refractivity contribution is -0.117. The number of aryl methyl sites for hydroxylation is 1. The molecular weight excluding hydrogens is 516 g/mol. The van der Waals surface area contributed by atoms with Crippen molar-refractivity contribution in [3.63, 3.8) is 0 Å². The molecule has 0 radical (unpaired) electrons. The third-order valence-corrected chi connectivity index (χ3v) is 7.20. The maximum atomic E-state index is 13.5. The molecule has 37 heavy (non-hydrogen) atoms. The highest BCUT2D eigenvalue weighted by atomic mass is 35.5. The van der Waals surface area contributed by atoms with Crippen molar-refractivity contribution < 1.29 is 17.9 Å². The van der Waals surface area contributed by atoms with Crippen LogP contribution >= 0.6 is 11.6 Å². The molecule has 0 aliphatic heterocycles. The Morgan fingerprint density at radius 2 is 1.70 bits per heavy atom. The van der Waals surface area contributed by atoms with E-state index in [4.69, 9.17) is 22.1 Å². The Morgan fingerprint density at radius 1 is 1.03 bits per heavy atom. The van der Waals surface area contributed by atoms with Gasteiger partial charge in [0.2, 0.25) is 5.91 Å². The van der Waals surface area contributed by atoms with E-state index < -0.39 is 22.0 Å². The van der Waals surface area contributed by atoms with Gasteiger partial charge < -0.3 is 21.1 Å². The molecular formula is C25H25ClN6O4S. The minimum atomic E-state index is -4.16. The smallest absolute Gasteiger partial charge is 0.263 e. The molecule has 0 aliphatic rings. The van der Waals surface area contributed by atoms with Crippen LogP contribution < -0.4 is 25.8 Å². The van der Waals surface area contributed by atoms with Crippen LogP contribution in [0.2, 0.25) is 5.02 Å². The number of anilines is 4. The lowest BCUT2D eigenvalue weighted by Crippen LogP contribution is -2.32. The average molecular weight is 541 g/mol. The fourth-order valence-electron chi connectivity index (χ4n) is 3.42. The van der Waals surface area contributed by atoms with Crippen molar-refractivity contribution in [3.8, 4) is 5.75 Å². The topological polar surface area (TPSA) is 148 Å². The van der Waals surface area contributed by atoms with Crippen molar-refractivity contribution in [1.29, 1.82) is 0 Å². The van der Waals surface area contributed by atoms with Crippen LogP contribution in [0.5, 0.6) is 5.75 Å². The minimum absolute atomic E-state index is 0.0398. The summed E-state index contributed by atoms with van der Waals surface area (Å²) in [4.78, 5) is 21.0. The maximum absolute atomic E-state index is 13.5. The number of sulfonamides is 1. The van der Waals surface area contributed by atoms with Crippen molar-refractivity contribution in [3.05, 3.63) is 71.2 Å². The first-order chi connectivity index (χ1) is 17.6. The first-order valence-electron chi connectivity index (χ1n) is 11.1. The van der Waals surface area contributed by atoms with Crippen molar-refractivity contribution >= 4 is 61.6 Å². The highest BCUT2D eigenvalue weighted by Crippen LogP contribution is 2.33. The summed E-state index contributed by atoms with van der Waals surface area (Å²) < 4.78 is 34.8. The largest absolute Gasteiger partial charge is 0.497 e. The third kappa shape index (κ3) is 5.91. The second-order valence-corrected chi connectivity index (χ2v) is 10.3. The Morgan fingerprint density at radius 3 is 2.35 bits per heavy atom. The van der Waals surface area contributed by atoms with Crippen LogP contribution in [0.4, 0.5) is 23.0 Å². The lowest BCUT2D eigenvalue weighted by Gasteiger charge is -2.16. The molecule has 0 saturated heterocycles. The molecule has 4 aromatic rings. The first kappa shape index (κ1) is 26.1. The standard InChI is InChI=1S/C25H25ClN6O4S/c1-14-8-9-16(28-25(33)15(2)27)12-22(14)37(34,35)32-24-23(29-19-6-4-5-7-20(19)30-24)31-21-13-17(36-3)10-11-18(21)26/h4-13,15H,27H2,1-3H3,(H,28,33)(H,29,31)(H,30,32)/t15-/m0/s1. The average Bonchev–Trinajstić information content (AvgIpc) is 2.86. The number of aromatic nitrogens is 2. The molecule has 3 aromatic carbocycles. The van der Waals surface area contributed by atoms with E-state index in [0.29, 0.717) is 38.7 Å². The Kier molecular flexibility index (Phi) is 7.48. The summed E-state index contributed by atoms with van der Waals surface area (Å²) in [6.45, 7) is 3.18. The molecule has 1 atom stereocenters. The van der Waals surface area contributed by atoms with Gasteiger partial charge in [0.15, 0.2) is 11.6 Å². The normalized spacial score (nSPS) is 12.1. The molecule has 12 heteroatoms. The monoisotopic (exact) mass is 540 g/mol. The summed E-state index contributed by atoms with van der Waals surface area (Å²) in [7, 11) is -2.64. The molecule has 0 fully saturated rings. The maximum Gasteiger partial charge on any atom is 0.263 e. The molecule has 0 spiro atoms. The van der Waals surface area contributed by atoms with Crippen molar-refractivity contribution in [2.24, 2.45) is 5.73 Å². The first-order valence-corrected chi connectivity index (χ1v) is 13.0. The second-order valence-electron chi connectivity index (χ2n) is 8.24. The second kappa shape index (κ2) is 10.6. The number of ether oxygens (including phenoxy) is 1. The van der Waals surface area contributed by atoms with E-state index in [1.807, 2.05) is 0 Å². The molecule has 4 rings (SSSR count).